The molecule has 4 heterocycles. The molecule has 5 aromatic rings. The number of aryl methyl sites for hydroxylation is 4. The number of hydrogen-bond acceptors (Lipinski definition) is 4. The van der Waals surface area contributed by atoms with Gasteiger partial charge in [-0.3, -0.25) is 9.98 Å². The molecule has 7 rings (SSSR count). The zero-order valence-corrected chi connectivity index (χ0v) is 25.1. The quantitative estimate of drug-likeness (QED) is 0.220. The molecule has 43 heavy (non-hydrogen) atoms. The summed E-state index contributed by atoms with van der Waals surface area (Å²) in [7, 11) is 0. The van der Waals surface area contributed by atoms with Gasteiger partial charge in [0.25, 0.3) is 0 Å². The molecule has 4 nitrogen and oxygen atoms in total. The van der Waals surface area contributed by atoms with Gasteiger partial charge in [0, 0.05) is 45.5 Å². The average molecular weight is 562 g/mol. The number of aromatic nitrogens is 1. The number of allylic oxidation sites excluding steroid dienone is 2. The molecule has 0 N–H and O–H groups in total. The van der Waals surface area contributed by atoms with Crippen LogP contribution < -0.4 is 0 Å². The fourth-order valence-corrected chi connectivity index (χ4v) is 7.19. The summed E-state index contributed by atoms with van der Waals surface area (Å²) in [6.45, 7) is 19.0. The lowest BCUT2D eigenvalue weighted by molar-refractivity contribution is 0.490. The van der Waals surface area contributed by atoms with E-state index >= 15 is 0 Å². The van der Waals surface area contributed by atoms with Crippen molar-refractivity contribution in [1.29, 1.82) is 0 Å². The first kappa shape index (κ1) is 27.0. The summed E-state index contributed by atoms with van der Waals surface area (Å²) < 4.78 is 6.47. The first-order chi connectivity index (χ1) is 20.8. The largest absolute Gasteiger partial charge is 0.438 e. The summed E-state index contributed by atoms with van der Waals surface area (Å²) in [5.74, 6) is 0.251. The van der Waals surface area contributed by atoms with E-state index in [1.54, 1.807) is 0 Å². The van der Waals surface area contributed by atoms with Crippen LogP contribution in [0.3, 0.4) is 0 Å². The topological polar surface area (TPSA) is 50.8 Å². The number of benzene rings is 3. The van der Waals surface area contributed by atoms with Crippen molar-refractivity contribution in [3.8, 4) is 11.3 Å². The second-order valence-corrected chi connectivity index (χ2v) is 11.9. The van der Waals surface area contributed by atoms with Crippen molar-refractivity contribution >= 4 is 33.5 Å². The number of furan rings is 1. The van der Waals surface area contributed by atoms with Gasteiger partial charge < -0.3 is 4.42 Å². The zero-order chi connectivity index (χ0) is 29.8. The highest BCUT2D eigenvalue weighted by Crippen LogP contribution is 2.40. The minimum atomic E-state index is 0.0537. The van der Waals surface area contributed by atoms with Gasteiger partial charge in [-0.25, -0.2) is 4.98 Å². The number of fused-ring (bicyclic) bond motifs is 7. The number of nitrogens with zero attached hydrogens (tertiary/aromatic N) is 3. The van der Waals surface area contributed by atoms with Crippen molar-refractivity contribution < 1.29 is 4.42 Å². The Balaban J connectivity index is 1.36. The molecule has 0 amide bonds. The molecule has 0 spiro atoms. The molecule has 0 saturated carbocycles. The van der Waals surface area contributed by atoms with Crippen molar-refractivity contribution in [2.75, 3.05) is 0 Å². The Morgan fingerprint density at radius 3 is 2.40 bits per heavy atom. The Hall–Kier alpha value is -4.83. The van der Waals surface area contributed by atoms with Crippen LogP contribution >= 0.6 is 0 Å². The third-order valence-electron chi connectivity index (χ3n) is 9.01. The van der Waals surface area contributed by atoms with E-state index < -0.39 is 0 Å². The van der Waals surface area contributed by atoms with Gasteiger partial charge in [-0.05, 0) is 92.3 Å². The third kappa shape index (κ3) is 4.58. The Morgan fingerprint density at radius 1 is 0.860 bits per heavy atom. The molecule has 2 atom stereocenters. The van der Waals surface area contributed by atoms with Crippen LogP contribution in [0.2, 0.25) is 0 Å². The van der Waals surface area contributed by atoms with E-state index in [0.29, 0.717) is 12.1 Å². The SMILES string of the molecule is C=CC1=NC2CC(=C)/N=C(/C=C)c3cc4c(cc3CCC2c2ccccc21)oc1nc(-c2c(C)cc(C)cc2C)ccc14. The average Bonchev–Trinajstić information content (AvgIpc) is 3.34. The van der Waals surface area contributed by atoms with E-state index in [2.05, 4.69) is 101 Å². The molecule has 2 aromatic heterocycles. The van der Waals surface area contributed by atoms with Gasteiger partial charge in [0.1, 0.15) is 5.58 Å². The molecule has 212 valence electrons. The molecule has 0 bridgehead atoms. The van der Waals surface area contributed by atoms with Gasteiger partial charge in [0.2, 0.25) is 5.71 Å². The number of hydrogen-bond donors (Lipinski definition) is 0. The van der Waals surface area contributed by atoms with Crippen LogP contribution in [0.5, 0.6) is 0 Å². The van der Waals surface area contributed by atoms with Crippen molar-refractivity contribution in [2.24, 2.45) is 9.98 Å². The van der Waals surface area contributed by atoms with Gasteiger partial charge in [0.15, 0.2) is 0 Å². The van der Waals surface area contributed by atoms with Crippen LogP contribution in [0.4, 0.5) is 0 Å². The van der Waals surface area contributed by atoms with Crippen LogP contribution in [-0.2, 0) is 6.42 Å². The van der Waals surface area contributed by atoms with Crippen LogP contribution in [-0.4, -0.2) is 22.4 Å². The Bertz CT molecular complexity index is 2030. The highest BCUT2D eigenvalue weighted by Gasteiger charge is 2.31. The van der Waals surface area contributed by atoms with E-state index in [1.807, 2.05) is 12.2 Å². The third-order valence-corrected chi connectivity index (χ3v) is 9.01. The lowest BCUT2D eigenvalue weighted by Gasteiger charge is -2.32. The monoisotopic (exact) mass is 561 g/mol. The summed E-state index contributed by atoms with van der Waals surface area (Å²) in [6.07, 6.45) is 6.19. The maximum Gasteiger partial charge on any atom is 0.227 e. The van der Waals surface area contributed by atoms with E-state index in [1.165, 1.54) is 33.4 Å². The highest BCUT2D eigenvalue weighted by molar-refractivity contribution is 6.14. The fraction of sp³-hybridized carbons (Fsp3) is 0.205. The molecule has 2 aliphatic heterocycles. The first-order valence-corrected chi connectivity index (χ1v) is 15.0. The van der Waals surface area contributed by atoms with E-state index in [0.717, 1.165) is 63.1 Å². The van der Waals surface area contributed by atoms with Crippen molar-refractivity contribution in [2.45, 2.75) is 52.0 Å². The standard InChI is InChI=1S/C39H35N3O/c1-7-33-28-12-10-9-11-27(28)29-14-13-26-20-37-32(21-31(26)34(8-2)40-25(6)19-36(29)41-33)30-15-16-35(42-39(30)43-37)38-23(4)17-22(3)18-24(38)5/h7-12,15-18,20-21,29,36H,1-2,6,13-14,19H2,3-5H3/b40-34-. The second kappa shape index (κ2) is 10.5. The number of pyridine rings is 1. The Kier molecular flexibility index (Phi) is 6.58. The predicted molar refractivity (Wildman–Crippen MR) is 180 cm³/mol. The zero-order valence-electron chi connectivity index (χ0n) is 25.1. The maximum atomic E-state index is 6.47. The van der Waals surface area contributed by atoms with Crippen molar-refractivity contribution in [1.82, 2.24) is 4.98 Å². The van der Waals surface area contributed by atoms with Gasteiger partial charge in [-0.15, -0.1) is 0 Å². The fourth-order valence-electron chi connectivity index (χ4n) is 7.19. The van der Waals surface area contributed by atoms with E-state index in [9.17, 15) is 0 Å². The van der Waals surface area contributed by atoms with Crippen LogP contribution in [0.15, 0.2) is 113 Å². The number of rotatable bonds is 3. The normalized spacial score (nSPS) is 19.6. The summed E-state index contributed by atoms with van der Waals surface area (Å²) in [4.78, 5) is 15.2. The van der Waals surface area contributed by atoms with Crippen LogP contribution in [0.25, 0.3) is 33.3 Å². The molecule has 2 aliphatic rings. The van der Waals surface area contributed by atoms with Crippen LogP contribution in [0, 0.1) is 20.8 Å². The Labute approximate surface area is 252 Å². The highest BCUT2D eigenvalue weighted by atomic mass is 16.3. The molecular formula is C39H35N3O. The smallest absolute Gasteiger partial charge is 0.227 e. The van der Waals surface area contributed by atoms with E-state index in [4.69, 9.17) is 19.4 Å². The molecule has 4 heteroatoms. The number of aliphatic imine (C=N–C) groups is 2. The molecule has 3 aromatic carbocycles. The molecule has 0 saturated heterocycles. The maximum absolute atomic E-state index is 6.47. The summed E-state index contributed by atoms with van der Waals surface area (Å²) >= 11 is 0. The summed E-state index contributed by atoms with van der Waals surface area (Å²) in [5, 5.41) is 2.03. The minimum Gasteiger partial charge on any atom is -0.438 e. The molecule has 0 aliphatic carbocycles. The Morgan fingerprint density at radius 2 is 1.63 bits per heavy atom. The van der Waals surface area contributed by atoms with Crippen molar-refractivity contribution in [3.63, 3.8) is 0 Å². The van der Waals surface area contributed by atoms with E-state index in [-0.39, 0.29) is 12.0 Å². The van der Waals surface area contributed by atoms with Gasteiger partial charge in [-0.1, -0.05) is 61.7 Å². The van der Waals surface area contributed by atoms with Crippen LogP contribution in [0.1, 0.15) is 57.7 Å². The minimum absolute atomic E-state index is 0.0537. The lowest BCUT2D eigenvalue weighted by Crippen LogP contribution is -2.27. The van der Waals surface area contributed by atoms with Gasteiger partial charge in [0.05, 0.1) is 23.2 Å². The molecule has 0 fully saturated rings. The first-order valence-electron chi connectivity index (χ1n) is 15.0. The second-order valence-electron chi connectivity index (χ2n) is 11.9. The molecular weight excluding hydrogens is 526 g/mol. The van der Waals surface area contributed by atoms with Crippen molar-refractivity contribution in [3.05, 3.63) is 137 Å². The predicted octanol–water partition coefficient (Wildman–Crippen LogP) is 9.54. The summed E-state index contributed by atoms with van der Waals surface area (Å²) in [6, 6.07) is 21.7. The van der Waals surface area contributed by atoms with Gasteiger partial charge in [-0.2, -0.15) is 0 Å². The molecule has 0 radical (unpaired) electrons. The molecule has 2 unspecified atom stereocenters. The van der Waals surface area contributed by atoms with Gasteiger partial charge >= 0.3 is 0 Å². The lowest BCUT2D eigenvalue weighted by atomic mass is 9.78. The summed E-state index contributed by atoms with van der Waals surface area (Å²) in [5.41, 5.74) is 14.6.